The molecule has 0 aliphatic rings. The van der Waals surface area contributed by atoms with E-state index in [0.29, 0.717) is 0 Å². The van der Waals surface area contributed by atoms with Crippen molar-refractivity contribution in [2.45, 2.75) is 76.9 Å². The van der Waals surface area contributed by atoms with Crippen molar-refractivity contribution < 1.29 is 19.4 Å². The second-order valence-corrected chi connectivity index (χ2v) is 10.2. The molecule has 0 saturated heterocycles. The van der Waals surface area contributed by atoms with Crippen molar-refractivity contribution in [2.24, 2.45) is 0 Å². The fraction of sp³-hybridized carbons (Fsp3) is 0.455. The summed E-state index contributed by atoms with van der Waals surface area (Å²) in [6.07, 6.45) is 31.2. The number of nitrogens with one attached hydrogen (secondary N) is 1. The molecule has 0 saturated carbocycles. The highest BCUT2D eigenvalue weighted by Crippen LogP contribution is 2.18. The summed E-state index contributed by atoms with van der Waals surface area (Å²) in [5.74, 6) is 0.198. The standard InChI is InChI=1S/C33H47NO4S/c1-3-5-6-7-8-9-10-11-12-13-14-15-16-17-18-19-20-23-28-39-31(4-2)32(36)34-26-27-38-33(37)29-24-21-22-25-30(29)35/h5-6,8-9,11-12,14-15,17-18,21-22,24-25,31,35H,3-4,7,10,13,16,19-20,23,26-28H2,1-2H3,(H,34,36). The summed E-state index contributed by atoms with van der Waals surface area (Å²) in [5, 5.41) is 12.4. The van der Waals surface area contributed by atoms with Crippen LogP contribution in [0.15, 0.2) is 85.0 Å². The van der Waals surface area contributed by atoms with Crippen molar-refractivity contribution in [3.8, 4) is 5.75 Å². The number of hydrogen-bond acceptors (Lipinski definition) is 5. The van der Waals surface area contributed by atoms with Crippen LogP contribution in [0.25, 0.3) is 0 Å². The van der Waals surface area contributed by atoms with E-state index in [-0.39, 0.29) is 35.6 Å². The summed E-state index contributed by atoms with van der Waals surface area (Å²) in [6.45, 7) is 4.47. The van der Waals surface area contributed by atoms with Gasteiger partial charge in [-0.05, 0) is 75.7 Å². The van der Waals surface area contributed by atoms with E-state index in [1.165, 1.54) is 12.1 Å². The molecule has 1 aromatic carbocycles. The van der Waals surface area contributed by atoms with Gasteiger partial charge in [-0.25, -0.2) is 4.79 Å². The maximum Gasteiger partial charge on any atom is 0.341 e. The number of benzene rings is 1. The number of esters is 1. The average molecular weight is 554 g/mol. The van der Waals surface area contributed by atoms with Gasteiger partial charge in [0.15, 0.2) is 0 Å². The van der Waals surface area contributed by atoms with E-state index in [0.717, 1.165) is 63.5 Å². The van der Waals surface area contributed by atoms with E-state index in [1.807, 2.05) is 6.92 Å². The first kappa shape index (κ1) is 34.0. The molecular weight excluding hydrogens is 506 g/mol. The Morgan fingerprint density at radius 3 is 2.05 bits per heavy atom. The van der Waals surface area contributed by atoms with Crippen LogP contribution in [0, 0.1) is 0 Å². The van der Waals surface area contributed by atoms with E-state index < -0.39 is 5.97 Å². The number of ether oxygens (including phenoxy) is 1. The predicted molar refractivity (Wildman–Crippen MR) is 166 cm³/mol. The van der Waals surface area contributed by atoms with Crippen LogP contribution in [0.3, 0.4) is 0 Å². The Labute approximate surface area is 240 Å². The molecule has 0 aliphatic carbocycles. The molecule has 0 heterocycles. The van der Waals surface area contributed by atoms with Crippen LogP contribution in [0.1, 0.15) is 82.0 Å². The van der Waals surface area contributed by atoms with Crippen molar-refractivity contribution in [1.29, 1.82) is 0 Å². The van der Waals surface area contributed by atoms with E-state index >= 15 is 0 Å². The molecule has 214 valence electrons. The number of aromatic hydroxyl groups is 1. The highest BCUT2D eigenvalue weighted by molar-refractivity contribution is 8.00. The van der Waals surface area contributed by atoms with Crippen LogP contribution in [0.5, 0.6) is 5.75 Å². The summed E-state index contributed by atoms with van der Waals surface area (Å²) >= 11 is 1.68. The molecular formula is C33H47NO4S. The summed E-state index contributed by atoms with van der Waals surface area (Å²) in [4.78, 5) is 24.4. The fourth-order valence-corrected chi connectivity index (χ4v) is 4.62. The number of unbranched alkanes of at least 4 members (excludes halogenated alkanes) is 2. The number of para-hydroxylation sites is 1. The Morgan fingerprint density at radius 2 is 1.46 bits per heavy atom. The molecule has 6 heteroatoms. The predicted octanol–water partition coefficient (Wildman–Crippen LogP) is 8.10. The zero-order chi connectivity index (χ0) is 28.4. The Hall–Kier alpha value is -2.99. The van der Waals surface area contributed by atoms with Gasteiger partial charge in [-0.15, -0.1) is 11.8 Å². The molecule has 0 aliphatic heterocycles. The minimum atomic E-state index is -0.601. The first-order chi connectivity index (χ1) is 19.1. The molecule has 1 atom stereocenters. The Bertz CT molecular complexity index is 949. The minimum Gasteiger partial charge on any atom is -0.507 e. The third kappa shape index (κ3) is 18.0. The van der Waals surface area contributed by atoms with Gasteiger partial charge < -0.3 is 15.2 Å². The third-order valence-electron chi connectivity index (χ3n) is 5.66. The van der Waals surface area contributed by atoms with E-state index in [9.17, 15) is 14.7 Å². The second-order valence-electron chi connectivity index (χ2n) is 8.92. The molecule has 0 spiro atoms. The second kappa shape index (κ2) is 24.1. The van der Waals surface area contributed by atoms with Crippen LogP contribution < -0.4 is 5.32 Å². The maximum atomic E-state index is 12.4. The first-order valence-corrected chi connectivity index (χ1v) is 15.2. The summed E-state index contributed by atoms with van der Waals surface area (Å²) in [6, 6.07) is 6.23. The van der Waals surface area contributed by atoms with Crippen molar-refractivity contribution in [3.63, 3.8) is 0 Å². The molecule has 1 aromatic rings. The molecule has 0 aromatic heterocycles. The van der Waals surface area contributed by atoms with Crippen LogP contribution in [0.2, 0.25) is 0 Å². The molecule has 39 heavy (non-hydrogen) atoms. The first-order valence-electron chi connectivity index (χ1n) is 14.2. The lowest BCUT2D eigenvalue weighted by atomic mass is 10.2. The number of phenols is 1. The summed E-state index contributed by atoms with van der Waals surface area (Å²) in [5.41, 5.74) is 0.121. The fourth-order valence-electron chi connectivity index (χ4n) is 3.49. The monoisotopic (exact) mass is 553 g/mol. The molecule has 1 amide bonds. The topological polar surface area (TPSA) is 75.6 Å². The molecule has 1 rings (SSSR count). The smallest absolute Gasteiger partial charge is 0.341 e. The minimum absolute atomic E-state index is 0.0288. The summed E-state index contributed by atoms with van der Waals surface area (Å²) in [7, 11) is 0. The highest BCUT2D eigenvalue weighted by atomic mass is 32.2. The van der Waals surface area contributed by atoms with Crippen LogP contribution in [0.4, 0.5) is 0 Å². The SMILES string of the molecule is CCC=CCC=CCC=CCC=CCC=CCCCCSC(CC)C(=O)NCCOC(=O)c1ccccc1O. The van der Waals surface area contributed by atoms with Gasteiger partial charge in [-0.1, -0.05) is 86.7 Å². The van der Waals surface area contributed by atoms with Crippen LogP contribution in [-0.2, 0) is 9.53 Å². The summed E-state index contributed by atoms with van der Waals surface area (Å²) < 4.78 is 5.14. The quantitative estimate of drug-likeness (QED) is 0.0914. The van der Waals surface area contributed by atoms with Gasteiger partial charge in [0.05, 0.1) is 11.8 Å². The number of carbonyl (C=O) groups is 2. The van der Waals surface area contributed by atoms with Gasteiger partial charge in [0.25, 0.3) is 0 Å². The normalized spacial score (nSPS) is 12.9. The van der Waals surface area contributed by atoms with Gasteiger partial charge in [0.2, 0.25) is 5.91 Å². The van der Waals surface area contributed by atoms with E-state index in [4.69, 9.17) is 4.74 Å². The lowest BCUT2D eigenvalue weighted by Gasteiger charge is -2.14. The number of carbonyl (C=O) groups excluding carboxylic acids is 2. The third-order valence-corrected chi connectivity index (χ3v) is 7.14. The van der Waals surface area contributed by atoms with Gasteiger partial charge in [-0.2, -0.15) is 0 Å². The lowest BCUT2D eigenvalue weighted by molar-refractivity contribution is -0.120. The largest absolute Gasteiger partial charge is 0.507 e. The van der Waals surface area contributed by atoms with Crippen LogP contribution >= 0.6 is 11.8 Å². The number of amides is 1. The average Bonchev–Trinajstić information content (AvgIpc) is 2.94. The van der Waals surface area contributed by atoms with Crippen molar-refractivity contribution in [1.82, 2.24) is 5.32 Å². The number of rotatable bonds is 21. The van der Waals surface area contributed by atoms with Gasteiger partial charge in [0, 0.05) is 0 Å². The number of allylic oxidation sites excluding steroid dienone is 10. The number of hydrogen-bond donors (Lipinski definition) is 2. The van der Waals surface area contributed by atoms with Gasteiger partial charge >= 0.3 is 5.97 Å². The molecule has 5 nitrogen and oxygen atoms in total. The van der Waals surface area contributed by atoms with Crippen molar-refractivity contribution in [2.75, 3.05) is 18.9 Å². The van der Waals surface area contributed by atoms with Gasteiger partial charge in [-0.3, -0.25) is 4.79 Å². The zero-order valence-electron chi connectivity index (χ0n) is 23.7. The number of thioether (sulfide) groups is 1. The van der Waals surface area contributed by atoms with Crippen LogP contribution in [-0.4, -0.2) is 41.1 Å². The molecule has 1 unspecified atom stereocenters. The maximum absolute atomic E-state index is 12.4. The van der Waals surface area contributed by atoms with E-state index in [1.54, 1.807) is 23.9 Å². The number of phenolic OH excluding ortho intramolecular Hbond substituents is 1. The Balaban J connectivity index is 2.05. The lowest BCUT2D eigenvalue weighted by Crippen LogP contribution is -2.35. The Kier molecular flexibility index (Phi) is 21.0. The zero-order valence-corrected chi connectivity index (χ0v) is 24.5. The van der Waals surface area contributed by atoms with E-state index in [2.05, 4.69) is 73.0 Å². The molecule has 0 bridgehead atoms. The molecule has 0 radical (unpaired) electrons. The highest BCUT2D eigenvalue weighted by Gasteiger charge is 2.16. The molecule has 0 fully saturated rings. The Morgan fingerprint density at radius 1 is 0.872 bits per heavy atom. The molecule has 2 N–H and O–H groups in total. The van der Waals surface area contributed by atoms with Crippen molar-refractivity contribution >= 4 is 23.6 Å². The van der Waals surface area contributed by atoms with Crippen molar-refractivity contribution in [3.05, 3.63) is 90.6 Å². The van der Waals surface area contributed by atoms with Gasteiger partial charge in [0.1, 0.15) is 17.9 Å².